The molecule has 3 aromatic heterocycles. The lowest BCUT2D eigenvalue weighted by atomic mass is 9.92. The molecule has 4 aromatic rings. The predicted molar refractivity (Wildman–Crippen MR) is 140 cm³/mol. The van der Waals surface area contributed by atoms with Crippen LogP contribution < -0.4 is 10.9 Å². The average molecular weight is 483 g/mol. The van der Waals surface area contributed by atoms with Crippen LogP contribution in [-0.2, 0) is 6.54 Å². The van der Waals surface area contributed by atoms with Crippen molar-refractivity contribution in [3.05, 3.63) is 88.2 Å². The van der Waals surface area contributed by atoms with Crippen molar-refractivity contribution in [1.82, 2.24) is 24.6 Å². The Morgan fingerprint density at radius 1 is 1.11 bits per heavy atom. The van der Waals surface area contributed by atoms with Crippen LogP contribution in [0.3, 0.4) is 0 Å². The number of rotatable bonds is 6. The molecule has 4 heterocycles. The summed E-state index contributed by atoms with van der Waals surface area (Å²) in [5.41, 5.74) is 4.93. The molecule has 0 radical (unpaired) electrons. The Kier molecular flexibility index (Phi) is 5.89. The first-order valence-corrected chi connectivity index (χ1v) is 12.6. The van der Waals surface area contributed by atoms with E-state index in [1.54, 1.807) is 29.1 Å². The van der Waals surface area contributed by atoms with E-state index in [0.717, 1.165) is 61.2 Å². The van der Waals surface area contributed by atoms with E-state index in [2.05, 4.69) is 58.2 Å². The summed E-state index contributed by atoms with van der Waals surface area (Å²) in [6.07, 6.45) is 7.76. The third-order valence-corrected chi connectivity index (χ3v) is 7.23. The third kappa shape index (κ3) is 4.68. The number of nitrogens with one attached hydrogen (secondary N) is 1. The topological polar surface area (TPSA) is 89.1 Å². The van der Waals surface area contributed by atoms with Crippen LogP contribution in [0.2, 0.25) is 0 Å². The summed E-state index contributed by atoms with van der Waals surface area (Å²) in [6, 6.07) is 11.8. The molecule has 2 aliphatic rings. The predicted octanol–water partition coefficient (Wildman–Crippen LogP) is 4.81. The van der Waals surface area contributed by atoms with Gasteiger partial charge < -0.3 is 14.7 Å². The first-order valence-electron chi connectivity index (χ1n) is 12.6. The molecule has 8 nitrogen and oxygen atoms in total. The smallest absolute Gasteiger partial charge is 0.252 e. The maximum atomic E-state index is 12.8. The number of benzene rings is 1. The molecule has 1 aromatic carbocycles. The zero-order chi connectivity index (χ0) is 24.6. The SMILES string of the molecule is C=C1CCN(C)CC(c2ccc(Nc3ncc4ccc(=O)n(Cc5cnoc5C5CC5)c4n3)cc2)C1. The highest BCUT2D eigenvalue weighted by Crippen LogP contribution is 2.41. The zero-order valence-corrected chi connectivity index (χ0v) is 20.5. The second kappa shape index (κ2) is 9.35. The number of hydrogen-bond donors (Lipinski definition) is 1. The first kappa shape index (κ1) is 22.7. The molecule has 0 amide bonds. The van der Waals surface area contributed by atoms with Gasteiger partial charge in [0.2, 0.25) is 5.95 Å². The molecular formula is C28H30N6O2. The summed E-state index contributed by atoms with van der Waals surface area (Å²) in [6.45, 7) is 6.72. The van der Waals surface area contributed by atoms with Gasteiger partial charge in [0.05, 0.1) is 12.7 Å². The Hall–Kier alpha value is -3.78. The molecule has 36 heavy (non-hydrogen) atoms. The second-order valence-electron chi connectivity index (χ2n) is 10.1. The summed E-state index contributed by atoms with van der Waals surface area (Å²) < 4.78 is 7.14. The van der Waals surface area contributed by atoms with E-state index in [0.29, 0.717) is 30.0 Å². The van der Waals surface area contributed by atoms with Crippen molar-refractivity contribution in [3.63, 3.8) is 0 Å². The summed E-state index contributed by atoms with van der Waals surface area (Å²) in [5, 5.41) is 8.08. The van der Waals surface area contributed by atoms with Crippen LogP contribution in [0.4, 0.5) is 11.6 Å². The van der Waals surface area contributed by atoms with E-state index in [9.17, 15) is 4.79 Å². The first-order chi connectivity index (χ1) is 17.5. The largest absolute Gasteiger partial charge is 0.361 e. The molecular weight excluding hydrogens is 452 g/mol. The van der Waals surface area contributed by atoms with Crippen molar-refractivity contribution < 1.29 is 4.52 Å². The van der Waals surface area contributed by atoms with Gasteiger partial charge in [0.25, 0.3) is 5.56 Å². The van der Waals surface area contributed by atoms with E-state index in [1.807, 2.05) is 0 Å². The highest BCUT2D eigenvalue weighted by molar-refractivity contribution is 5.75. The standard InChI is InChI=1S/C28H30N6O2/c1-18-11-12-33(2)16-22(13-18)19-5-8-24(9-6-19)31-28-29-14-21-7-10-25(35)34(27(21)32-28)17-23-15-30-36-26(23)20-3-4-20/h5-10,14-15,20,22H,1,3-4,11-13,16-17H2,2H3,(H,29,31,32). The molecule has 2 fully saturated rings. The van der Waals surface area contributed by atoms with Gasteiger partial charge in [-0.25, -0.2) is 4.98 Å². The lowest BCUT2D eigenvalue weighted by Crippen LogP contribution is -2.22. The van der Waals surface area contributed by atoms with E-state index in [1.165, 1.54) is 11.1 Å². The number of aromatic nitrogens is 4. The number of hydrogen-bond acceptors (Lipinski definition) is 7. The minimum absolute atomic E-state index is 0.116. The molecule has 6 rings (SSSR count). The highest BCUT2D eigenvalue weighted by Gasteiger charge is 2.30. The molecule has 1 atom stereocenters. The number of nitrogens with zero attached hydrogens (tertiary/aromatic N) is 5. The number of anilines is 2. The van der Waals surface area contributed by atoms with Gasteiger partial charge in [0.1, 0.15) is 11.4 Å². The number of pyridine rings is 1. The molecule has 1 unspecified atom stereocenters. The van der Waals surface area contributed by atoms with Gasteiger partial charge in [-0.15, -0.1) is 0 Å². The molecule has 184 valence electrons. The summed E-state index contributed by atoms with van der Waals surface area (Å²) in [7, 11) is 2.17. The van der Waals surface area contributed by atoms with Crippen LogP contribution in [-0.4, -0.2) is 44.7 Å². The van der Waals surface area contributed by atoms with Crippen molar-refractivity contribution >= 4 is 22.7 Å². The van der Waals surface area contributed by atoms with Crippen molar-refractivity contribution in [2.45, 2.75) is 44.1 Å². The Morgan fingerprint density at radius 3 is 2.75 bits per heavy atom. The van der Waals surface area contributed by atoms with Crippen molar-refractivity contribution in [1.29, 1.82) is 0 Å². The van der Waals surface area contributed by atoms with Gasteiger partial charge in [-0.2, -0.15) is 4.98 Å². The van der Waals surface area contributed by atoms with Gasteiger partial charge in [-0.1, -0.05) is 29.4 Å². The van der Waals surface area contributed by atoms with Gasteiger partial charge in [0.15, 0.2) is 0 Å². The van der Waals surface area contributed by atoms with Gasteiger partial charge in [-0.3, -0.25) is 9.36 Å². The molecule has 1 aliphatic carbocycles. The van der Waals surface area contributed by atoms with Crippen LogP contribution in [0.1, 0.15) is 54.4 Å². The van der Waals surface area contributed by atoms with E-state index in [-0.39, 0.29) is 5.56 Å². The highest BCUT2D eigenvalue weighted by atomic mass is 16.5. The molecule has 1 N–H and O–H groups in total. The fraction of sp³-hybridized carbons (Fsp3) is 0.357. The third-order valence-electron chi connectivity index (χ3n) is 7.23. The van der Waals surface area contributed by atoms with E-state index < -0.39 is 0 Å². The average Bonchev–Trinajstić information content (AvgIpc) is 3.65. The maximum Gasteiger partial charge on any atom is 0.252 e. The Labute approximate surface area is 209 Å². The van der Waals surface area contributed by atoms with Gasteiger partial charge >= 0.3 is 0 Å². The van der Waals surface area contributed by atoms with Crippen molar-refractivity contribution in [2.24, 2.45) is 0 Å². The molecule has 1 saturated heterocycles. The normalized spacial score (nSPS) is 18.9. The van der Waals surface area contributed by atoms with Crippen LogP contribution in [0.5, 0.6) is 0 Å². The summed E-state index contributed by atoms with van der Waals surface area (Å²) in [5.74, 6) is 2.20. The Morgan fingerprint density at radius 2 is 1.94 bits per heavy atom. The molecule has 1 saturated carbocycles. The van der Waals surface area contributed by atoms with Crippen LogP contribution >= 0.6 is 0 Å². The number of fused-ring (bicyclic) bond motifs is 1. The maximum absolute atomic E-state index is 12.8. The second-order valence-corrected chi connectivity index (χ2v) is 10.1. The number of likely N-dealkylation sites (N-methyl/N-ethyl adjacent to an activating group) is 1. The van der Waals surface area contributed by atoms with Crippen molar-refractivity contribution in [2.75, 3.05) is 25.5 Å². The summed E-state index contributed by atoms with van der Waals surface area (Å²) in [4.78, 5) is 24.4. The fourth-order valence-corrected chi connectivity index (χ4v) is 5.05. The minimum atomic E-state index is -0.116. The lowest BCUT2D eigenvalue weighted by Gasteiger charge is -2.20. The molecule has 0 spiro atoms. The minimum Gasteiger partial charge on any atom is -0.361 e. The Bertz CT molecular complexity index is 1470. The van der Waals surface area contributed by atoms with E-state index >= 15 is 0 Å². The quantitative estimate of drug-likeness (QED) is 0.394. The zero-order valence-electron chi connectivity index (χ0n) is 20.5. The monoisotopic (exact) mass is 482 g/mol. The molecule has 8 heteroatoms. The van der Waals surface area contributed by atoms with Crippen LogP contribution in [0.25, 0.3) is 11.0 Å². The van der Waals surface area contributed by atoms with E-state index in [4.69, 9.17) is 9.51 Å². The van der Waals surface area contributed by atoms with Crippen LogP contribution in [0.15, 0.2) is 70.3 Å². The van der Waals surface area contributed by atoms with Crippen molar-refractivity contribution in [3.8, 4) is 0 Å². The number of likely N-dealkylation sites (tertiary alicyclic amines) is 1. The molecule has 0 bridgehead atoms. The lowest BCUT2D eigenvalue weighted by molar-refractivity contribution is 0.333. The fourth-order valence-electron chi connectivity index (χ4n) is 5.05. The van der Waals surface area contributed by atoms with Crippen LogP contribution in [0, 0.1) is 0 Å². The Balaban J connectivity index is 1.25. The van der Waals surface area contributed by atoms with Gasteiger partial charge in [-0.05, 0) is 56.5 Å². The molecule has 1 aliphatic heterocycles. The van der Waals surface area contributed by atoms with Gasteiger partial charge in [0, 0.05) is 53.8 Å². The summed E-state index contributed by atoms with van der Waals surface area (Å²) >= 11 is 0.